The zero-order chi connectivity index (χ0) is 40.8. The van der Waals surface area contributed by atoms with Gasteiger partial charge in [-0.25, -0.2) is 0 Å². The fourth-order valence-corrected chi connectivity index (χ4v) is 14.1. The first-order valence-electron chi connectivity index (χ1n) is 24.5. The molecule has 6 aliphatic rings. The molecule has 2 nitrogen and oxygen atoms in total. The SMILES string of the molecule is C1=Cc2ccccc2C(=C2CCN(CCC(SC(CCN3CCC(=C4c5ccccc5C=Cc5ccccc54)CC3)C3CCCCC3)C3CCCCC3)CC2)c2ccccc21.Cl. The number of hydrogen-bond donors (Lipinski definition) is 0. The van der Waals surface area contributed by atoms with E-state index in [1.807, 2.05) is 0 Å². The van der Waals surface area contributed by atoms with Crippen LogP contribution in [-0.2, 0) is 0 Å². The number of benzene rings is 4. The lowest BCUT2D eigenvalue weighted by molar-refractivity contribution is 0.234. The van der Waals surface area contributed by atoms with Crippen molar-refractivity contribution in [1.82, 2.24) is 9.80 Å². The number of piperidine rings is 2. The van der Waals surface area contributed by atoms with E-state index in [1.165, 1.54) is 198 Å². The molecule has 324 valence electrons. The summed E-state index contributed by atoms with van der Waals surface area (Å²) in [6.07, 6.45) is 31.4. The zero-order valence-electron chi connectivity index (χ0n) is 37.1. The van der Waals surface area contributed by atoms with Gasteiger partial charge in [-0.05, 0) is 145 Å². The summed E-state index contributed by atoms with van der Waals surface area (Å²) in [5.41, 5.74) is 17.5. The number of thioether (sulfide) groups is 1. The van der Waals surface area contributed by atoms with Gasteiger partial charge in [0.25, 0.3) is 0 Å². The maximum absolute atomic E-state index is 2.85. The molecule has 0 N–H and O–H groups in total. The normalized spacial score (nSPS) is 20.9. The summed E-state index contributed by atoms with van der Waals surface area (Å²) < 4.78 is 0. The lowest BCUT2D eigenvalue weighted by Gasteiger charge is -2.39. The van der Waals surface area contributed by atoms with Crippen molar-refractivity contribution in [2.45, 2.75) is 113 Å². The second-order valence-electron chi connectivity index (χ2n) is 19.2. The van der Waals surface area contributed by atoms with E-state index in [0.717, 1.165) is 22.3 Å². The highest BCUT2D eigenvalue weighted by Crippen LogP contribution is 2.44. The van der Waals surface area contributed by atoms with Crippen molar-refractivity contribution < 1.29 is 0 Å². The average molecular weight is 862 g/mol. The number of halogens is 1. The summed E-state index contributed by atoms with van der Waals surface area (Å²) in [6, 6.07) is 36.3. The van der Waals surface area contributed by atoms with Gasteiger partial charge < -0.3 is 9.80 Å². The van der Waals surface area contributed by atoms with Crippen LogP contribution in [0.3, 0.4) is 0 Å². The largest absolute Gasteiger partial charge is 0.303 e. The fourth-order valence-electron chi connectivity index (χ4n) is 12.2. The van der Waals surface area contributed by atoms with Crippen molar-refractivity contribution >= 4 is 59.6 Å². The topological polar surface area (TPSA) is 6.48 Å². The average Bonchev–Trinajstić information content (AvgIpc) is 3.61. The molecule has 2 saturated carbocycles. The molecule has 0 aromatic heterocycles. The molecule has 0 spiro atoms. The van der Waals surface area contributed by atoms with Gasteiger partial charge in [0, 0.05) is 36.7 Å². The quantitative estimate of drug-likeness (QED) is 0.135. The van der Waals surface area contributed by atoms with E-state index < -0.39 is 0 Å². The summed E-state index contributed by atoms with van der Waals surface area (Å²) in [6.45, 7) is 7.34. The summed E-state index contributed by atoms with van der Waals surface area (Å²) in [7, 11) is 0. The van der Waals surface area contributed by atoms with Crippen LogP contribution in [0.1, 0.15) is 147 Å². The van der Waals surface area contributed by atoms with Crippen molar-refractivity contribution in [3.8, 4) is 0 Å². The van der Waals surface area contributed by atoms with Gasteiger partial charge in [0.15, 0.2) is 0 Å². The highest BCUT2D eigenvalue weighted by molar-refractivity contribution is 8.00. The van der Waals surface area contributed by atoms with Crippen LogP contribution < -0.4 is 0 Å². The van der Waals surface area contributed by atoms with E-state index in [0.29, 0.717) is 0 Å². The standard InChI is InChI=1S/C58H68N2S.ClH/c1-3-19-47(20-4-1)55(35-41-59-37-31-49(32-38-59)57-51-23-11-7-15-43(51)27-28-44-16-8-12-24-52(44)57)61-56(48-21-5-2-6-22-48)36-42-60-39-33-50(34-40-60)58-53-25-13-9-17-45(53)29-30-46-18-10-14-26-54(46)58;/h7-18,23-30,47-48,55-56H,1-6,19-22,31-42H2;1H. The maximum atomic E-state index is 2.85. The van der Waals surface area contributed by atoms with Gasteiger partial charge in [0.2, 0.25) is 0 Å². The second-order valence-corrected chi connectivity index (χ2v) is 20.7. The lowest BCUT2D eigenvalue weighted by atomic mass is 9.84. The van der Waals surface area contributed by atoms with Crippen LogP contribution in [0.4, 0.5) is 0 Å². The predicted octanol–water partition coefficient (Wildman–Crippen LogP) is 15.0. The van der Waals surface area contributed by atoms with Crippen LogP contribution in [0.5, 0.6) is 0 Å². The summed E-state index contributed by atoms with van der Waals surface area (Å²) in [5, 5.41) is 1.61. The number of likely N-dealkylation sites (tertiary alicyclic amines) is 2. The van der Waals surface area contributed by atoms with Gasteiger partial charge in [0.05, 0.1) is 0 Å². The Balaban J connectivity index is 0.00000490. The monoisotopic (exact) mass is 860 g/mol. The highest BCUT2D eigenvalue weighted by atomic mass is 35.5. The van der Waals surface area contributed by atoms with Gasteiger partial charge in [-0.1, -0.05) is 171 Å². The predicted molar refractivity (Wildman–Crippen MR) is 272 cm³/mol. The molecule has 0 bridgehead atoms. The number of rotatable bonds is 10. The first-order valence-corrected chi connectivity index (χ1v) is 25.5. The van der Waals surface area contributed by atoms with Gasteiger partial charge >= 0.3 is 0 Å². The van der Waals surface area contributed by atoms with Crippen molar-refractivity contribution in [2.75, 3.05) is 39.3 Å². The van der Waals surface area contributed by atoms with Crippen molar-refractivity contribution in [3.63, 3.8) is 0 Å². The van der Waals surface area contributed by atoms with Crippen LogP contribution >= 0.6 is 24.2 Å². The van der Waals surface area contributed by atoms with E-state index in [2.05, 4.69) is 143 Å². The molecule has 4 aliphatic carbocycles. The first kappa shape index (κ1) is 43.6. The Hall–Kier alpha value is -3.60. The highest BCUT2D eigenvalue weighted by Gasteiger charge is 2.33. The van der Waals surface area contributed by atoms with Crippen LogP contribution in [0.15, 0.2) is 108 Å². The van der Waals surface area contributed by atoms with E-state index in [1.54, 1.807) is 11.1 Å². The number of fused-ring (bicyclic) bond motifs is 4. The van der Waals surface area contributed by atoms with E-state index in [-0.39, 0.29) is 12.4 Å². The minimum Gasteiger partial charge on any atom is -0.303 e. The van der Waals surface area contributed by atoms with Gasteiger partial charge in [-0.2, -0.15) is 11.8 Å². The zero-order valence-corrected chi connectivity index (χ0v) is 38.8. The van der Waals surface area contributed by atoms with Gasteiger partial charge in [0.1, 0.15) is 0 Å². The maximum Gasteiger partial charge on any atom is 0.00903 e. The Morgan fingerprint density at radius 1 is 0.419 bits per heavy atom. The molecule has 0 radical (unpaired) electrons. The minimum absolute atomic E-state index is 0. The molecular weight excluding hydrogens is 792 g/mol. The molecule has 2 saturated heterocycles. The Labute approximate surface area is 384 Å². The molecule has 4 aromatic carbocycles. The van der Waals surface area contributed by atoms with E-state index >= 15 is 0 Å². The van der Waals surface area contributed by atoms with Crippen LogP contribution in [0.25, 0.3) is 35.5 Å². The smallest absolute Gasteiger partial charge is 0.00903 e. The second kappa shape index (κ2) is 20.9. The molecule has 4 aromatic rings. The Kier molecular flexibility index (Phi) is 14.7. The molecule has 2 unspecified atom stereocenters. The van der Waals surface area contributed by atoms with Gasteiger partial charge in [-0.15, -0.1) is 12.4 Å². The molecule has 2 aliphatic heterocycles. The van der Waals surface area contributed by atoms with Crippen LogP contribution in [0, 0.1) is 11.8 Å². The Morgan fingerprint density at radius 2 is 0.726 bits per heavy atom. The number of nitrogens with zero attached hydrogens (tertiary/aromatic N) is 2. The van der Waals surface area contributed by atoms with Crippen molar-refractivity contribution in [1.29, 1.82) is 0 Å². The molecule has 2 heterocycles. The van der Waals surface area contributed by atoms with E-state index in [4.69, 9.17) is 0 Å². The third-order valence-electron chi connectivity index (χ3n) is 15.6. The van der Waals surface area contributed by atoms with Crippen molar-refractivity contribution in [3.05, 3.63) is 153 Å². The first-order chi connectivity index (χ1) is 30.2. The van der Waals surface area contributed by atoms with E-state index in [9.17, 15) is 0 Å². The molecule has 4 fully saturated rings. The molecule has 62 heavy (non-hydrogen) atoms. The molecule has 0 amide bonds. The molecule has 10 rings (SSSR count). The summed E-state index contributed by atoms with van der Waals surface area (Å²) in [4.78, 5) is 5.70. The van der Waals surface area contributed by atoms with Crippen LogP contribution in [0.2, 0.25) is 0 Å². The van der Waals surface area contributed by atoms with Gasteiger partial charge in [-0.3, -0.25) is 0 Å². The summed E-state index contributed by atoms with van der Waals surface area (Å²) >= 11 is 2.51. The number of hydrogen-bond acceptors (Lipinski definition) is 3. The molecule has 4 heteroatoms. The lowest BCUT2D eigenvalue weighted by Crippen LogP contribution is -2.37. The third-order valence-corrected chi connectivity index (χ3v) is 17.5. The van der Waals surface area contributed by atoms with Crippen molar-refractivity contribution in [2.24, 2.45) is 11.8 Å². The summed E-state index contributed by atoms with van der Waals surface area (Å²) in [5.74, 6) is 1.81. The minimum atomic E-state index is 0. The third kappa shape index (κ3) is 9.87. The Bertz CT molecular complexity index is 1990. The molecular formula is C58H69ClN2S. The van der Waals surface area contributed by atoms with Crippen LogP contribution in [-0.4, -0.2) is 59.6 Å². The fraction of sp³-hybridized carbons (Fsp3) is 0.448. The molecule has 2 atom stereocenters. The Morgan fingerprint density at radius 3 is 1.05 bits per heavy atom.